The van der Waals surface area contributed by atoms with Crippen LogP contribution < -0.4 is 16.0 Å². The molecule has 4 heterocycles. The van der Waals surface area contributed by atoms with Crippen LogP contribution in [-0.4, -0.2) is 44.4 Å². The molecular formula is C19H21N7O. The topological polar surface area (TPSA) is 101 Å². The van der Waals surface area contributed by atoms with Gasteiger partial charge in [0.1, 0.15) is 17.3 Å². The molecule has 0 aromatic carbocycles. The highest BCUT2D eigenvalue weighted by molar-refractivity contribution is 6.02. The molecule has 0 spiro atoms. The average Bonchev–Trinajstić information content (AvgIpc) is 3.03. The van der Waals surface area contributed by atoms with Crippen molar-refractivity contribution in [2.45, 2.75) is 19.9 Å². The molecule has 1 amide bonds. The third-order valence-corrected chi connectivity index (χ3v) is 5.60. The molecule has 138 valence electrons. The van der Waals surface area contributed by atoms with Gasteiger partial charge in [-0.2, -0.15) is 0 Å². The second kappa shape index (κ2) is 5.75. The van der Waals surface area contributed by atoms with Gasteiger partial charge in [0.2, 0.25) is 0 Å². The number of rotatable bonds is 3. The van der Waals surface area contributed by atoms with Gasteiger partial charge >= 0.3 is 0 Å². The van der Waals surface area contributed by atoms with E-state index < -0.39 is 0 Å². The maximum absolute atomic E-state index is 12.5. The third-order valence-electron chi connectivity index (χ3n) is 5.60. The number of aromatic nitrogens is 4. The van der Waals surface area contributed by atoms with Gasteiger partial charge in [0.15, 0.2) is 0 Å². The molecule has 3 N–H and O–H groups in total. The Labute approximate surface area is 156 Å². The Balaban J connectivity index is 1.31. The number of amides is 1. The van der Waals surface area contributed by atoms with Crippen molar-refractivity contribution in [1.29, 1.82) is 0 Å². The van der Waals surface area contributed by atoms with Crippen LogP contribution in [0.3, 0.4) is 0 Å². The fourth-order valence-electron chi connectivity index (χ4n) is 4.01. The quantitative estimate of drug-likeness (QED) is 0.729. The second-order valence-corrected chi connectivity index (χ2v) is 7.55. The van der Waals surface area contributed by atoms with E-state index in [4.69, 9.17) is 5.73 Å². The van der Waals surface area contributed by atoms with E-state index in [9.17, 15) is 4.79 Å². The predicted octanol–water partition coefficient (Wildman–Crippen LogP) is 1.39. The van der Waals surface area contributed by atoms with E-state index in [0.29, 0.717) is 23.7 Å². The normalized spacial score (nSPS) is 23.5. The Kier molecular flexibility index (Phi) is 3.45. The van der Waals surface area contributed by atoms with Gasteiger partial charge in [-0.1, -0.05) is 0 Å². The molecular weight excluding hydrogens is 342 g/mol. The molecule has 0 radical (unpaired) electrons. The zero-order valence-corrected chi connectivity index (χ0v) is 15.3. The summed E-state index contributed by atoms with van der Waals surface area (Å²) in [5.74, 6) is 2.12. The van der Waals surface area contributed by atoms with Crippen LogP contribution in [0.4, 0.5) is 11.6 Å². The Hall–Kier alpha value is -3.00. The van der Waals surface area contributed by atoms with Crippen molar-refractivity contribution in [3.63, 3.8) is 0 Å². The molecule has 5 rings (SSSR count). The van der Waals surface area contributed by atoms with Gasteiger partial charge in [0.25, 0.3) is 5.91 Å². The van der Waals surface area contributed by atoms with E-state index in [1.54, 1.807) is 12.4 Å². The lowest BCUT2D eigenvalue weighted by Crippen LogP contribution is -2.29. The molecule has 1 saturated heterocycles. The lowest BCUT2D eigenvalue weighted by Gasteiger charge is -2.19. The molecule has 1 aliphatic carbocycles. The number of hydrogen-bond donors (Lipinski definition) is 2. The van der Waals surface area contributed by atoms with Crippen LogP contribution >= 0.6 is 0 Å². The van der Waals surface area contributed by atoms with Crippen molar-refractivity contribution in [3.8, 4) is 0 Å². The zero-order chi connectivity index (χ0) is 18.7. The van der Waals surface area contributed by atoms with E-state index in [1.807, 2.05) is 24.4 Å². The van der Waals surface area contributed by atoms with E-state index in [0.717, 1.165) is 35.7 Å². The summed E-state index contributed by atoms with van der Waals surface area (Å²) >= 11 is 0. The minimum Gasteiger partial charge on any atom is -0.355 e. The van der Waals surface area contributed by atoms with Crippen molar-refractivity contribution in [1.82, 2.24) is 19.4 Å². The Morgan fingerprint density at radius 3 is 2.67 bits per heavy atom. The van der Waals surface area contributed by atoms with Crippen LogP contribution in [0.5, 0.6) is 0 Å². The maximum atomic E-state index is 12.5. The molecule has 2 fully saturated rings. The summed E-state index contributed by atoms with van der Waals surface area (Å²) in [4.78, 5) is 27.8. The van der Waals surface area contributed by atoms with Crippen molar-refractivity contribution in [2.75, 3.05) is 23.3 Å². The summed E-state index contributed by atoms with van der Waals surface area (Å²) in [7, 11) is 0. The molecule has 2 aliphatic rings. The molecule has 2 unspecified atom stereocenters. The smallest absolute Gasteiger partial charge is 0.277 e. The van der Waals surface area contributed by atoms with Gasteiger partial charge in [-0.15, -0.1) is 0 Å². The average molecular weight is 363 g/mol. The summed E-state index contributed by atoms with van der Waals surface area (Å²) in [6.45, 7) is 5.79. The first kappa shape index (κ1) is 16.2. The first-order valence-electron chi connectivity index (χ1n) is 9.09. The van der Waals surface area contributed by atoms with Crippen molar-refractivity contribution >= 4 is 23.1 Å². The Bertz CT molecular complexity index is 1030. The van der Waals surface area contributed by atoms with Gasteiger partial charge in [-0.25, -0.2) is 15.0 Å². The number of nitrogens with one attached hydrogen (secondary N) is 1. The van der Waals surface area contributed by atoms with Crippen LogP contribution in [-0.2, 0) is 0 Å². The standard InChI is InChI=1S/C19H21N7O/c1-10-3-15-11(2)23-16(9-25(15)6-10)24-19(27)14-4-22-17(5-21-14)26-7-12-13(8-26)18(12)20/h3-6,9,12-13,18H,7-8,20H2,1-2H3,(H,24,27). The zero-order valence-electron chi connectivity index (χ0n) is 15.3. The third kappa shape index (κ3) is 2.73. The molecule has 1 aliphatic heterocycles. The fraction of sp³-hybridized carbons (Fsp3) is 0.368. The lowest BCUT2D eigenvalue weighted by atomic mass is 10.3. The Morgan fingerprint density at radius 1 is 1.19 bits per heavy atom. The van der Waals surface area contributed by atoms with Crippen LogP contribution in [0.2, 0.25) is 0 Å². The Morgan fingerprint density at radius 2 is 1.96 bits per heavy atom. The molecule has 1 saturated carbocycles. The summed E-state index contributed by atoms with van der Waals surface area (Å²) in [5, 5.41) is 2.81. The van der Waals surface area contributed by atoms with Crippen molar-refractivity contribution in [3.05, 3.63) is 47.8 Å². The second-order valence-electron chi connectivity index (χ2n) is 7.55. The molecule has 3 aromatic heterocycles. The van der Waals surface area contributed by atoms with E-state index in [2.05, 4.69) is 31.2 Å². The van der Waals surface area contributed by atoms with Gasteiger partial charge in [-0.05, 0) is 37.3 Å². The number of nitrogens with two attached hydrogens (primary N) is 1. The molecule has 27 heavy (non-hydrogen) atoms. The first-order valence-corrected chi connectivity index (χ1v) is 9.09. The summed E-state index contributed by atoms with van der Waals surface area (Å²) < 4.78 is 1.96. The van der Waals surface area contributed by atoms with Gasteiger partial charge in [-0.3, -0.25) is 4.79 Å². The number of hydrogen-bond acceptors (Lipinski definition) is 6. The number of fused-ring (bicyclic) bond motifs is 2. The monoisotopic (exact) mass is 363 g/mol. The number of nitrogens with zero attached hydrogens (tertiary/aromatic N) is 5. The fourth-order valence-corrected chi connectivity index (χ4v) is 4.01. The first-order chi connectivity index (χ1) is 13.0. The van der Waals surface area contributed by atoms with Gasteiger partial charge < -0.3 is 20.4 Å². The number of carbonyl (C=O) groups excluding carboxylic acids is 1. The van der Waals surface area contributed by atoms with E-state index in [-0.39, 0.29) is 11.6 Å². The van der Waals surface area contributed by atoms with Crippen molar-refractivity contribution in [2.24, 2.45) is 17.6 Å². The number of carbonyl (C=O) groups is 1. The van der Waals surface area contributed by atoms with E-state index >= 15 is 0 Å². The van der Waals surface area contributed by atoms with Gasteiger partial charge in [0.05, 0.1) is 29.8 Å². The maximum Gasteiger partial charge on any atom is 0.277 e. The SMILES string of the molecule is Cc1cc2c(C)nc(NC(=O)c3cnc(N4CC5C(N)C5C4)cn3)cn2c1. The number of aryl methyl sites for hydroxylation is 2. The summed E-state index contributed by atoms with van der Waals surface area (Å²) in [6.07, 6.45) is 6.97. The number of piperidine rings is 1. The summed E-state index contributed by atoms with van der Waals surface area (Å²) in [5.41, 5.74) is 9.26. The molecule has 3 aromatic rings. The van der Waals surface area contributed by atoms with Crippen LogP contribution in [0.25, 0.3) is 5.52 Å². The molecule has 8 nitrogen and oxygen atoms in total. The van der Waals surface area contributed by atoms with E-state index in [1.165, 1.54) is 6.20 Å². The predicted molar refractivity (Wildman–Crippen MR) is 102 cm³/mol. The summed E-state index contributed by atoms with van der Waals surface area (Å²) in [6, 6.07) is 2.41. The van der Waals surface area contributed by atoms with Crippen LogP contribution in [0.15, 0.2) is 30.9 Å². The number of anilines is 2. The highest BCUT2D eigenvalue weighted by atomic mass is 16.1. The highest BCUT2D eigenvalue weighted by Crippen LogP contribution is 2.44. The highest BCUT2D eigenvalue weighted by Gasteiger charge is 2.53. The van der Waals surface area contributed by atoms with Gasteiger partial charge in [0, 0.05) is 25.3 Å². The van der Waals surface area contributed by atoms with Crippen molar-refractivity contribution < 1.29 is 4.79 Å². The molecule has 8 heteroatoms. The minimum absolute atomic E-state index is 0.267. The van der Waals surface area contributed by atoms with Crippen LogP contribution in [0, 0.1) is 25.7 Å². The van der Waals surface area contributed by atoms with Crippen LogP contribution in [0.1, 0.15) is 21.7 Å². The minimum atomic E-state index is -0.324. The molecule has 2 atom stereocenters. The lowest BCUT2D eigenvalue weighted by molar-refractivity contribution is 0.102. The molecule has 0 bridgehead atoms. The largest absolute Gasteiger partial charge is 0.355 e.